The first-order valence-electron chi connectivity index (χ1n) is 5.40. The molecule has 2 bridgehead atoms. The fourth-order valence-electron chi connectivity index (χ4n) is 2.54. The van der Waals surface area contributed by atoms with Gasteiger partial charge in [0.1, 0.15) is 6.10 Å². The van der Waals surface area contributed by atoms with Crippen molar-refractivity contribution in [2.24, 2.45) is 5.92 Å². The summed E-state index contributed by atoms with van der Waals surface area (Å²) < 4.78 is 0. The highest BCUT2D eigenvalue weighted by Gasteiger charge is 2.37. The van der Waals surface area contributed by atoms with Crippen molar-refractivity contribution in [2.45, 2.75) is 18.9 Å². The highest BCUT2D eigenvalue weighted by Crippen LogP contribution is 2.39. The van der Waals surface area contributed by atoms with E-state index in [0.29, 0.717) is 12.0 Å². The summed E-state index contributed by atoms with van der Waals surface area (Å²) in [5, 5.41) is 2.13. The van der Waals surface area contributed by atoms with Crippen molar-refractivity contribution in [2.75, 3.05) is 13.1 Å². The zero-order valence-corrected chi connectivity index (χ0v) is 8.23. The average Bonchev–Trinajstić information content (AvgIpc) is 2.55. The van der Waals surface area contributed by atoms with Crippen molar-refractivity contribution in [3.05, 3.63) is 35.9 Å². The van der Waals surface area contributed by atoms with Crippen LogP contribution in [0.15, 0.2) is 30.3 Å². The molecular formula is C12H15NO. The van der Waals surface area contributed by atoms with Crippen LogP contribution >= 0.6 is 0 Å². The lowest BCUT2D eigenvalue weighted by molar-refractivity contribution is -0.144. The summed E-state index contributed by atoms with van der Waals surface area (Å²) in [5.74, 6) is 0.714. The molecule has 0 radical (unpaired) electrons. The van der Waals surface area contributed by atoms with Gasteiger partial charge < -0.3 is 0 Å². The number of piperidine rings is 1. The van der Waals surface area contributed by atoms with E-state index in [1.807, 2.05) is 0 Å². The van der Waals surface area contributed by atoms with E-state index >= 15 is 0 Å². The van der Waals surface area contributed by atoms with Crippen LogP contribution in [0.1, 0.15) is 24.5 Å². The summed E-state index contributed by atoms with van der Waals surface area (Å²) in [6.07, 6.45) is 2.92. The molecule has 0 aliphatic carbocycles. The van der Waals surface area contributed by atoms with Gasteiger partial charge in [-0.2, -0.15) is 5.06 Å². The third-order valence-corrected chi connectivity index (χ3v) is 3.24. The Labute approximate surface area is 84.4 Å². The number of rotatable bonds is 1. The normalized spacial score (nSPS) is 35.9. The average molecular weight is 189 g/mol. The predicted molar refractivity (Wildman–Crippen MR) is 54.6 cm³/mol. The molecule has 0 amide bonds. The molecule has 0 N–H and O–H groups in total. The van der Waals surface area contributed by atoms with Crippen LogP contribution in [0.2, 0.25) is 0 Å². The largest absolute Gasteiger partial charge is 0.291 e. The molecule has 2 aliphatic heterocycles. The summed E-state index contributed by atoms with van der Waals surface area (Å²) in [7, 11) is 0. The van der Waals surface area contributed by atoms with Crippen LogP contribution in [0.25, 0.3) is 0 Å². The number of fused-ring (bicyclic) bond motifs is 2. The van der Waals surface area contributed by atoms with Gasteiger partial charge in [0.15, 0.2) is 0 Å². The van der Waals surface area contributed by atoms with Gasteiger partial charge in [-0.05, 0) is 18.4 Å². The van der Waals surface area contributed by atoms with Gasteiger partial charge in [0.2, 0.25) is 0 Å². The van der Waals surface area contributed by atoms with E-state index in [2.05, 4.69) is 35.4 Å². The van der Waals surface area contributed by atoms with E-state index in [4.69, 9.17) is 4.84 Å². The zero-order chi connectivity index (χ0) is 9.38. The van der Waals surface area contributed by atoms with E-state index in [-0.39, 0.29) is 0 Å². The number of hydroxylamine groups is 2. The van der Waals surface area contributed by atoms with Crippen LogP contribution < -0.4 is 0 Å². The second kappa shape index (κ2) is 3.37. The number of hydrogen-bond acceptors (Lipinski definition) is 2. The van der Waals surface area contributed by atoms with Gasteiger partial charge >= 0.3 is 0 Å². The third kappa shape index (κ3) is 1.35. The van der Waals surface area contributed by atoms with Gasteiger partial charge in [-0.1, -0.05) is 30.3 Å². The van der Waals surface area contributed by atoms with Crippen molar-refractivity contribution in [1.29, 1.82) is 0 Å². The van der Waals surface area contributed by atoms with Crippen molar-refractivity contribution in [1.82, 2.24) is 5.06 Å². The highest BCUT2D eigenvalue weighted by molar-refractivity contribution is 5.19. The van der Waals surface area contributed by atoms with Crippen LogP contribution in [0.5, 0.6) is 0 Å². The van der Waals surface area contributed by atoms with Gasteiger partial charge in [0.05, 0.1) is 0 Å². The summed E-state index contributed by atoms with van der Waals surface area (Å²) in [5.41, 5.74) is 1.34. The van der Waals surface area contributed by atoms with Gasteiger partial charge in [0.25, 0.3) is 0 Å². The maximum absolute atomic E-state index is 5.90. The Bertz CT molecular complexity index is 311. The molecule has 2 nitrogen and oxygen atoms in total. The van der Waals surface area contributed by atoms with Crippen molar-refractivity contribution >= 4 is 0 Å². The lowest BCUT2D eigenvalue weighted by Crippen LogP contribution is -2.25. The topological polar surface area (TPSA) is 12.5 Å². The molecule has 1 aromatic rings. The Morgan fingerprint density at radius 1 is 1.21 bits per heavy atom. The molecule has 3 atom stereocenters. The maximum Gasteiger partial charge on any atom is 0.108 e. The second-order valence-electron chi connectivity index (χ2n) is 4.23. The molecule has 3 unspecified atom stereocenters. The lowest BCUT2D eigenvalue weighted by Gasteiger charge is -2.18. The van der Waals surface area contributed by atoms with Gasteiger partial charge in [-0.3, -0.25) is 4.84 Å². The fourth-order valence-corrected chi connectivity index (χ4v) is 2.54. The Balaban J connectivity index is 1.86. The minimum atomic E-state index is 0.318. The van der Waals surface area contributed by atoms with Gasteiger partial charge in [-0.25, -0.2) is 0 Å². The molecule has 14 heavy (non-hydrogen) atoms. The fraction of sp³-hybridized carbons (Fsp3) is 0.500. The molecule has 74 valence electrons. The quantitative estimate of drug-likeness (QED) is 0.672. The summed E-state index contributed by atoms with van der Waals surface area (Å²) in [6, 6.07) is 10.6. The molecule has 3 rings (SSSR count). The Hall–Kier alpha value is -0.860. The predicted octanol–water partition coefficient (Wildman–Crippen LogP) is 2.38. The molecule has 2 heteroatoms. The van der Waals surface area contributed by atoms with Crippen molar-refractivity contribution < 1.29 is 4.84 Å². The van der Waals surface area contributed by atoms with Gasteiger partial charge in [-0.15, -0.1) is 0 Å². The molecule has 2 heterocycles. The van der Waals surface area contributed by atoms with E-state index in [0.717, 1.165) is 13.1 Å². The lowest BCUT2D eigenvalue weighted by atomic mass is 9.91. The first-order chi connectivity index (χ1) is 6.93. The molecule has 0 saturated carbocycles. The second-order valence-corrected chi connectivity index (χ2v) is 4.23. The number of nitrogens with zero attached hydrogens (tertiary/aromatic N) is 1. The zero-order valence-electron chi connectivity index (χ0n) is 8.23. The molecule has 2 saturated heterocycles. The van der Waals surface area contributed by atoms with Crippen LogP contribution in [-0.2, 0) is 4.84 Å². The SMILES string of the molecule is c1ccc(C2ON3CCCC2C3)cc1. The first-order valence-corrected chi connectivity index (χ1v) is 5.40. The van der Waals surface area contributed by atoms with E-state index in [1.165, 1.54) is 18.4 Å². The molecular weight excluding hydrogens is 174 g/mol. The standard InChI is InChI=1S/C12H15NO/c1-2-5-10(6-3-1)12-11-7-4-8-13(9-11)14-12/h1-3,5-6,11-12H,4,7-9H2. The van der Waals surface area contributed by atoms with Crippen LogP contribution in [0.3, 0.4) is 0 Å². The monoisotopic (exact) mass is 189 g/mol. The van der Waals surface area contributed by atoms with E-state index in [1.54, 1.807) is 0 Å². The van der Waals surface area contributed by atoms with Crippen LogP contribution in [0, 0.1) is 5.92 Å². The Morgan fingerprint density at radius 2 is 2.07 bits per heavy atom. The molecule has 1 aromatic carbocycles. The first kappa shape index (κ1) is 8.45. The summed E-state index contributed by atoms with van der Waals surface area (Å²) >= 11 is 0. The van der Waals surface area contributed by atoms with Crippen molar-refractivity contribution in [3.8, 4) is 0 Å². The molecule has 2 fully saturated rings. The minimum Gasteiger partial charge on any atom is -0.291 e. The molecule has 0 aromatic heterocycles. The molecule has 0 spiro atoms. The highest BCUT2D eigenvalue weighted by atomic mass is 16.7. The van der Waals surface area contributed by atoms with Gasteiger partial charge in [0, 0.05) is 19.0 Å². The molecule has 2 aliphatic rings. The maximum atomic E-state index is 5.90. The number of hydrogen-bond donors (Lipinski definition) is 0. The summed E-state index contributed by atoms with van der Waals surface area (Å²) in [6.45, 7) is 2.24. The Morgan fingerprint density at radius 3 is 2.86 bits per heavy atom. The minimum absolute atomic E-state index is 0.318. The Kier molecular flexibility index (Phi) is 2.03. The number of benzene rings is 1. The van der Waals surface area contributed by atoms with Crippen LogP contribution in [0.4, 0.5) is 0 Å². The third-order valence-electron chi connectivity index (χ3n) is 3.24. The summed E-state index contributed by atoms with van der Waals surface area (Å²) in [4.78, 5) is 5.90. The van der Waals surface area contributed by atoms with Crippen molar-refractivity contribution in [3.63, 3.8) is 0 Å². The van der Waals surface area contributed by atoms with Crippen LogP contribution in [-0.4, -0.2) is 18.2 Å². The van der Waals surface area contributed by atoms with E-state index < -0.39 is 0 Å². The smallest absolute Gasteiger partial charge is 0.108 e. The van der Waals surface area contributed by atoms with E-state index in [9.17, 15) is 0 Å².